The van der Waals surface area contributed by atoms with Crippen molar-refractivity contribution in [3.63, 3.8) is 0 Å². The van der Waals surface area contributed by atoms with Crippen LogP contribution in [-0.4, -0.2) is 28.1 Å². The number of hydrogen-bond acceptors (Lipinski definition) is 4. The molecule has 1 aromatic heterocycles. The molecule has 0 N–H and O–H groups in total. The van der Waals surface area contributed by atoms with E-state index in [0.717, 1.165) is 0 Å². The molecule has 0 spiro atoms. The van der Waals surface area contributed by atoms with Crippen LogP contribution in [0.4, 0.5) is 0 Å². The zero-order valence-electron chi connectivity index (χ0n) is 10.6. The molecule has 0 aromatic carbocycles. The minimum atomic E-state index is -0.773. The van der Waals surface area contributed by atoms with Crippen LogP contribution >= 0.6 is 0 Å². The Labute approximate surface area is 101 Å². The van der Waals surface area contributed by atoms with E-state index in [4.69, 9.17) is 4.74 Å². The van der Waals surface area contributed by atoms with Crippen LogP contribution in [0.2, 0.25) is 0 Å². The second kappa shape index (κ2) is 5.61. The maximum atomic E-state index is 12.1. The molecule has 0 fully saturated rings. The predicted molar refractivity (Wildman–Crippen MR) is 62.5 cm³/mol. The molecule has 5 nitrogen and oxygen atoms in total. The van der Waals surface area contributed by atoms with Crippen molar-refractivity contribution in [2.75, 3.05) is 6.61 Å². The van der Waals surface area contributed by atoms with Crippen LogP contribution in [0.3, 0.4) is 0 Å². The molecule has 94 valence electrons. The Hall–Kier alpha value is -1.65. The van der Waals surface area contributed by atoms with E-state index in [9.17, 15) is 9.59 Å². The van der Waals surface area contributed by atoms with Gasteiger partial charge in [0.25, 0.3) is 0 Å². The van der Waals surface area contributed by atoms with E-state index in [1.54, 1.807) is 26.2 Å². The Morgan fingerprint density at radius 2 is 2.12 bits per heavy atom. The van der Waals surface area contributed by atoms with Gasteiger partial charge < -0.3 is 4.74 Å². The van der Waals surface area contributed by atoms with Crippen molar-refractivity contribution in [1.82, 2.24) is 9.78 Å². The van der Waals surface area contributed by atoms with Crippen molar-refractivity contribution in [2.24, 2.45) is 18.9 Å². The van der Waals surface area contributed by atoms with Gasteiger partial charge in [-0.2, -0.15) is 5.10 Å². The van der Waals surface area contributed by atoms with Crippen LogP contribution in [0.5, 0.6) is 0 Å². The SMILES string of the molecule is CCOC(=O)C(C(=O)c1ccn(C)n1)C(C)C. The summed E-state index contributed by atoms with van der Waals surface area (Å²) in [6, 6.07) is 1.61. The molecule has 5 heteroatoms. The molecule has 0 radical (unpaired) electrons. The molecule has 1 aromatic rings. The lowest BCUT2D eigenvalue weighted by Gasteiger charge is -2.16. The third-order valence-corrected chi connectivity index (χ3v) is 2.46. The molecule has 17 heavy (non-hydrogen) atoms. The molecular weight excluding hydrogens is 220 g/mol. The number of hydrogen-bond donors (Lipinski definition) is 0. The number of carbonyl (C=O) groups excluding carboxylic acids is 2. The van der Waals surface area contributed by atoms with Gasteiger partial charge in [0.15, 0.2) is 5.78 Å². The zero-order valence-corrected chi connectivity index (χ0v) is 10.6. The third kappa shape index (κ3) is 3.15. The van der Waals surface area contributed by atoms with Gasteiger partial charge in [-0.3, -0.25) is 14.3 Å². The molecular formula is C12H18N2O3. The van der Waals surface area contributed by atoms with Crippen LogP contribution in [0.1, 0.15) is 31.3 Å². The summed E-state index contributed by atoms with van der Waals surface area (Å²) in [6.45, 7) is 5.64. The minimum absolute atomic E-state index is 0.108. The standard InChI is InChI=1S/C12H18N2O3/c1-5-17-12(16)10(8(2)3)11(15)9-6-7-14(4)13-9/h6-8,10H,5H2,1-4H3. The van der Waals surface area contributed by atoms with Crippen LogP contribution < -0.4 is 0 Å². The largest absolute Gasteiger partial charge is 0.465 e. The predicted octanol–water partition coefficient (Wildman–Crippen LogP) is 1.44. The summed E-state index contributed by atoms with van der Waals surface area (Å²) >= 11 is 0. The van der Waals surface area contributed by atoms with E-state index in [1.807, 2.05) is 13.8 Å². The maximum Gasteiger partial charge on any atom is 0.317 e. The molecule has 1 rings (SSSR count). The summed E-state index contributed by atoms with van der Waals surface area (Å²) in [5, 5.41) is 4.02. The topological polar surface area (TPSA) is 61.2 Å². The Kier molecular flexibility index (Phi) is 4.43. The molecule has 0 aliphatic carbocycles. The first-order chi connectivity index (χ1) is 7.97. The number of aromatic nitrogens is 2. The van der Waals surface area contributed by atoms with Crippen molar-refractivity contribution < 1.29 is 14.3 Å². The average Bonchev–Trinajstić information content (AvgIpc) is 2.64. The van der Waals surface area contributed by atoms with Gasteiger partial charge in [-0.1, -0.05) is 13.8 Å². The van der Waals surface area contributed by atoms with Crippen LogP contribution in [0, 0.1) is 11.8 Å². The zero-order chi connectivity index (χ0) is 13.0. The van der Waals surface area contributed by atoms with Crippen LogP contribution in [-0.2, 0) is 16.6 Å². The van der Waals surface area contributed by atoms with E-state index in [-0.39, 0.29) is 18.3 Å². The highest BCUT2D eigenvalue weighted by atomic mass is 16.5. The fourth-order valence-electron chi connectivity index (χ4n) is 1.62. The lowest BCUT2D eigenvalue weighted by atomic mass is 9.90. The third-order valence-electron chi connectivity index (χ3n) is 2.46. The minimum Gasteiger partial charge on any atom is -0.465 e. The van der Waals surface area contributed by atoms with E-state index < -0.39 is 11.9 Å². The fraction of sp³-hybridized carbons (Fsp3) is 0.583. The number of Topliss-reactive ketones (excluding diaryl/α,β-unsaturated/α-hetero) is 1. The molecule has 0 saturated heterocycles. The van der Waals surface area contributed by atoms with Gasteiger partial charge in [0.2, 0.25) is 0 Å². The number of carbonyl (C=O) groups is 2. The van der Waals surface area contributed by atoms with Crippen molar-refractivity contribution in [2.45, 2.75) is 20.8 Å². The number of nitrogens with zero attached hydrogens (tertiary/aromatic N) is 2. The first-order valence-electron chi connectivity index (χ1n) is 5.67. The van der Waals surface area contributed by atoms with E-state index in [0.29, 0.717) is 5.69 Å². The highest BCUT2D eigenvalue weighted by molar-refractivity contribution is 6.07. The summed E-state index contributed by atoms with van der Waals surface area (Å²) in [4.78, 5) is 23.9. The Bertz CT molecular complexity index is 410. The monoisotopic (exact) mass is 238 g/mol. The van der Waals surface area contributed by atoms with Crippen molar-refractivity contribution in [1.29, 1.82) is 0 Å². The molecule has 0 aliphatic rings. The summed E-state index contributed by atoms with van der Waals surface area (Å²) < 4.78 is 6.46. The van der Waals surface area contributed by atoms with Crippen LogP contribution in [0.15, 0.2) is 12.3 Å². The number of aryl methyl sites for hydroxylation is 1. The van der Waals surface area contributed by atoms with E-state index in [2.05, 4.69) is 5.10 Å². The Morgan fingerprint density at radius 1 is 1.47 bits per heavy atom. The van der Waals surface area contributed by atoms with Crippen molar-refractivity contribution >= 4 is 11.8 Å². The Balaban J connectivity index is 2.92. The average molecular weight is 238 g/mol. The van der Waals surface area contributed by atoms with Gasteiger partial charge in [0, 0.05) is 13.2 Å². The van der Waals surface area contributed by atoms with Gasteiger partial charge in [-0.25, -0.2) is 0 Å². The van der Waals surface area contributed by atoms with Crippen molar-refractivity contribution in [3.05, 3.63) is 18.0 Å². The summed E-state index contributed by atoms with van der Waals surface area (Å²) in [5.74, 6) is -1.63. The highest BCUT2D eigenvalue weighted by Gasteiger charge is 2.33. The second-order valence-electron chi connectivity index (χ2n) is 4.21. The molecule has 0 amide bonds. The van der Waals surface area contributed by atoms with Gasteiger partial charge in [-0.15, -0.1) is 0 Å². The second-order valence-corrected chi connectivity index (χ2v) is 4.21. The van der Waals surface area contributed by atoms with Crippen LogP contribution in [0.25, 0.3) is 0 Å². The summed E-state index contributed by atoms with van der Waals surface area (Å²) in [5.41, 5.74) is 0.305. The number of ketones is 1. The smallest absolute Gasteiger partial charge is 0.317 e. The molecule has 1 heterocycles. The quantitative estimate of drug-likeness (QED) is 0.442. The maximum absolute atomic E-state index is 12.1. The highest BCUT2D eigenvalue weighted by Crippen LogP contribution is 2.18. The van der Waals surface area contributed by atoms with Gasteiger partial charge in [-0.05, 0) is 18.9 Å². The molecule has 0 saturated carbocycles. The lowest BCUT2D eigenvalue weighted by Crippen LogP contribution is -2.31. The number of ether oxygens (including phenoxy) is 1. The van der Waals surface area contributed by atoms with E-state index in [1.165, 1.54) is 4.68 Å². The first-order valence-corrected chi connectivity index (χ1v) is 5.67. The summed E-state index contributed by atoms with van der Waals surface area (Å²) in [7, 11) is 1.73. The fourth-order valence-corrected chi connectivity index (χ4v) is 1.62. The molecule has 1 unspecified atom stereocenters. The Morgan fingerprint density at radius 3 is 2.53 bits per heavy atom. The number of rotatable bonds is 5. The lowest BCUT2D eigenvalue weighted by molar-refractivity contribution is -0.147. The summed E-state index contributed by atoms with van der Waals surface area (Å²) in [6.07, 6.45) is 1.68. The number of esters is 1. The normalized spacial score (nSPS) is 12.5. The molecule has 0 bridgehead atoms. The molecule has 1 atom stereocenters. The first kappa shape index (κ1) is 13.4. The van der Waals surface area contributed by atoms with Gasteiger partial charge in [0.1, 0.15) is 11.6 Å². The van der Waals surface area contributed by atoms with E-state index >= 15 is 0 Å². The van der Waals surface area contributed by atoms with Crippen molar-refractivity contribution in [3.8, 4) is 0 Å². The van der Waals surface area contributed by atoms with Gasteiger partial charge in [0.05, 0.1) is 6.61 Å². The molecule has 0 aliphatic heterocycles. The van der Waals surface area contributed by atoms with Gasteiger partial charge >= 0.3 is 5.97 Å².